The molecule has 0 aliphatic carbocycles. The van der Waals surface area contributed by atoms with Crippen LogP contribution in [0.15, 0.2) is 60.7 Å². The molecule has 3 aromatic carbocycles. The molecule has 0 saturated heterocycles. The lowest BCUT2D eigenvalue weighted by Gasteiger charge is -2.28. The number of aromatic nitrogens is 2. The summed E-state index contributed by atoms with van der Waals surface area (Å²) in [6, 6.07) is 13.8. The minimum absolute atomic E-state index is 0.00264. The summed E-state index contributed by atoms with van der Waals surface area (Å²) in [5.41, 5.74) is 2.17. The molecule has 2 heterocycles. The number of hydrogen-bond acceptors (Lipinski definition) is 3. The summed E-state index contributed by atoms with van der Waals surface area (Å²) in [5.74, 6) is -1.80. The Hall–Kier alpha value is -3.85. The number of carbonyl (C=O) groups is 1. The van der Waals surface area contributed by atoms with Crippen molar-refractivity contribution in [3.8, 4) is 11.3 Å². The highest BCUT2D eigenvalue weighted by Crippen LogP contribution is 2.34. The molecule has 0 unspecified atom stereocenters. The second kappa shape index (κ2) is 10.3. The van der Waals surface area contributed by atoms with E-state index in [4.69, 9.17) is 16.6 Å². The minimum Gasteiger partial charge on any atom is -0.340 e. The molecule has 1 aliphatic rings. The van der Waals surface area contributed by atoms with Gasteiger partial charge in [-0.05, 0) is 66.6 Å². The summed E-state index contributed by atoms with van der Waals surface area (Å²) in [7, 11) is 0. The van der Waals surface area contributed by atoms with Crippen molar-refractivity contribution in [2.24, 2.45) is 0 Å². The molecule has 37 heavy (non-hydrogen) atoms. The maximum Gasteiger partial charge on any atom is 0.223 e. The molecule has 1 N–H and O–H groups in total. The summed E-state index contributed by atoms with van der Waals surface area (Å²) in [6.07, 6.45) is 0.405. The molecule has 4 aromatic rings. The number of fused-ring (bicyclic) bond motifs is 1. The van der Waals surface area contributed by atoms with Gasteiger partial charge in [0.15, 0.2) is 11.6 Å². The standard InChI is InChI=1S/C27H21ClF4N4O/c28-20-8-7-19(14-22(20)31)33-27-26(17-3-5-18(29)6-4-17)34-24-15-35(11-12-36(24)27)25(37)10-2-16-1-9-21(30)23(32)13-16/h1,3-9,13-14,33H,2,10-12,15H2. The Bertz CT molecular complexity index is 1470. The summed E-state index contributed by atoms with van der Waals surface area (Å²) >= 11 is 5.82. The van der Waals surface area contributed by atoms with E-state index in [0.29, 0.717) is 47.2 Å². The summed E-state index contributed by atoms with van der Waals surface area (Å²) in [6.45, 7) is 1.03. The Kier molecular flexibility index (Phi) is 6.88. The fraction of sp³-hybridized carbons (Fsp3) is 0.185. The van der Waals surface area contributed by atoms with Crippen LogP contribution in [-0.4, -0.2) is 26.9 Å². The first-order chi connectivity index (χ1) is 17.8. The van der Waals surface area contributed by atoms with Crippen LogP contribution >= 0.6 is 11.6 Å². The number of aryl methyl sites for hydroxylation is 1. The predicted octanol–water partition coefficient (Wildman–Crippen LogP) is 6.48. The third-order valence-corrected chi connectivity index (χ3v) is 6.54. The molecular weight excluding hydrogens is 508 g/mol. The highest BCUT2D eigenvalue weighted by Gasteiger charge is 2.27. The van der Waals surface area contributed by atoms with Crippen molar-refractivity contribution in [3.63, 3.8) is 0 Å². The van der Waals surface area contributed by atoms with Crippen molar-refractivity contribution in [2.45, 2.75) is 25.9 Å². The monoisotopic (exact) mass is 528 g/mol. The lowest BCUT2D eigenvalue weighted by atomic mass is 10.1. The number of amides is 1. The summed E-state index contributed by atoms with van der Waals surface area (Å²) < 4.78 is 56.2. The van der Waals surface area contributed by atoms with E-state index in [1.807, 2.05) is 4.57 Å². The third kappa shape index (κ3) is 5.32. The number of anilines is 2. The average Bonchev–Trinajstić information content (AvgIpc) is 3.24. The zero-order valence-corrected chi connectivity index (χ0v) is 20.2. The van der Waals surface area contributed by atoms with Crippen LogP contribution in [0.1, 0.15) is 17.8 Å². The molecule has 1 aliphatic heterocycles. The quantitative estimate of drug-likeness (QED) is 0.291. The molecule has 5 rings (SSSR count). The average molecular weight is 529 g/mol. The van der Waals surface area contributed by atoms with Crippen LogP contribution in [0, 0.1) is 23.3 Å². The second-order valence-corrected chi connectivity index (χ2v) is 9.11. The summed E-state index contributed by atoms with van der Waals surface area (Å²) in [5, 5.41) is 3.20. The van der Waals surface area contributed by atoms with Crippen LogP contribution < -0.4 is 5.32 Å². The zero-order valence-electron chi connectivity index (χ0n) is 19.4. The minimum atomic E-state index is -0.945. The second-order valence-electron chi connectivity index (χ2n) is 8.70. The van der Waals surface area contributed by atoms with E-state index in [9.17, 15) is 22.4 Å². The Balaban J connectivity index is 1.39. The fourth-order valence-corrected chi connectivity index (χ4v) is 4.41. The maximum absolute atomic E-state index is 14.1. The van der Waals surface area contributed by atoms with Gasteiger partial charge in [-0.1, -0.05) is 17.7 Å². The SMILES string of the molecule is O=C(CCc1ccc(F)c(F)c1)N1CCn2c(nc(-c3ccc(F)cc3)c2Nc2ccc(Cl)c(F)c2)C1. The van der Waals surface area contributed by atoms with Gasteiger partial charge in [0.25, 0.3) is 0 Å². The number of nitrogens with zero attached hydrogens (tertiary/aromatic N) is 3. The van der Waals surface area contributed by atoms with Gasteiger partial charge in [0, 0.05) is 30.8 Å². The molecule has 0 fully saturated rings. The Morgan fingerprint density at radius 3 is 2.43 bits per heavy atom. The number of rotatable bonds is 6. The van der Waals surface area contributed by atoms with Gasteiger partial charge in [-0.25, -0.2) is 22.5 Å². The van der Waals surface area contributed by atoms with Gasteiger partial charge in [0.05, 0.1) is 11.6 Å². The largest absolute Gasteiger partial charge is 0.340 e. The van der Waals surface area contributed by atoms with Crippen LogP contribution in [0.2, 0.25) is 5.02 Å². The van der Waals surface area contributed by atoms with Gasteiger partial charge in [-0.2, -0.15) is 0 Å². The van der Waals surface area contributed by atoms with Crippen molar-refractivity contribution in [1.29, 1.82) is 0 Å². The van der Waals surface area contributed by atoms with E-state index in [1.54, 1.807) is 23.1 Å². The van der Waals surface area contributed by atoms with E-state index in [2.05, 4.69) is 5.32 Å². The van der Waals surface area contributed by atoms with Crippen LogP contribution in [0.3, 0.4) is 0 Å². The van der Waals surface area contributed by atoms with Crippen LogP contribution in [-0.2, 0) is 24.3 Å². The Morgan fingerprint density at radius 2 is 1.70 bits per heavy atom. The molecular formula is C27H21ClF4N4O. The van der Waals surface area contributed by atoms with Crippen molar-refractivity contribution >= 4 is 29.0 Å². The van der Waals surface area contributed by atoms with Crippen LogP contribution in [0.5, 0.6) is 0 Å². The highest BCUT2D eigenvalue weighted by molar-refractivity contribution is 6.30. The van der Waals surface area contributed by atoms with E-state index < -0.39 is 17.5 Å². The molecule has 5 nitrogen and oxygen atoms in total. The van der Waals surface area contributed by atoms with E-state index in [-0.39, 0.29) is 36.1 Å². The Morgan fingerprint density at radius 1 is 0.919 bits per heavy atom. The molecule has 10 heteroatoms. The number of halogens is 5. The highest BCUT2D eigenvalue weighted by atomic mass is 35.5. The van der Waals surface area contributed by atoms with E-state index >= 15 is 0 Å². The molecule has 0 bridgehead atoms. The van der Waals surface area contributed by atoms with Gasteiger partial charge in [-0.15, -0.1) is 0 Å². The normalized spacial score (nSPS) is 12.9. The third-order valence-electron chi connectivity index (χ3n) is 6.24. The van der Waals surface area contributed by atoms with E-state index in [1.165, 1.54) is 30.3 Å². The molecule has 0 spiro atoms. The lowest BCUT2D eigenvalue weighted by molar-refractivity contribution is -0.132. The van der Waals surface area contributed by atoms with Crippen molar-refractivity contribution in [2.75, 3.05) is 11.9 Å². The molecule has 0 saturated carbocycles. The van der Waals surface area contributed by atoms with Gasteiger partial charge in [0.2, 0.25) is 5.91 Å². The van der Waals surface area contributed by atoms with Crippen LogP contribution in [0.4, 0.5) is 29.1 Å². The first-order valence-electron chi connectivity index (χ1n) is 11.6. The van der Waals surface area contributed by atoms with Crippen LogP contribution in [0.25, 0.3) is 11.3 Å². The number of carbonyl (C=O) groups excluding carboxylic acids is 1. The summed E-state index contributed by atoms with van der Waals surface area (Å²) in [4.78, 5) is 19.3. The predicted molar refractivity (Wildman–Crippen MR) is 132 cm³/mol. The zero-order chi connectivity index (χ0) is 26.1. The van der Waals surface area contributed by atoms with Crippen molar-refractivity contribution in [1.82, 2.24) is 14.5 Å². The van der Waals surface area contributed by atoms with E-state index in [0.717, 1.165) is 12.1 Å². The number of nitrogens with one attached hydrogen (secondary N) is 1. The van der Waals surface area contributed by atoms with Gasteiger partial charge >= 0.3 is 0 Å². The van der Waals surface area contributed by atoms with Gasteiger partial charge in [-0.3, -0.25) is 4.79 Å². The maximum atomic E-state index is 14.1. The molecule has 1 aromatic heterocycles. The molecule has 1 amide bonds. The first-order valence-corrected chi connectivity index (χ1v) is 12.0. The first kappa shape index (κ1) is 24.8. The molecule has 190 valence electrons. The number of imidazole rings is 1. The number of benzene rings is 3. The lowest BCUT2D eigenvalue weighted by Crippen LogP contribution is -2.38. The topological polar surface area (TPSA) is 50.2 Å². The van der Waals surface area contributed by atoms with Gasteiger partial charge in [0.1, 0.15) is 29.0 Å². The molecule has 0 atom stereocenters. The van der Waals surface area contributed by atoms with Crippen molar-refractivity contribution < 1.29 is 22.4 Å². The Labute approximate surface area is 215 Å². The molecule has 0 radical (unpaired) electrons. The number of hydrogen-bond donors (Lipinski definition) is 1. The van der Waals surface area contributed by atoms with Crippen molar-refractivity contribution in [3.05, 3.63) is 100 Å². The fourth-order valence-electron chi connectivity index (χ4n) is 4.30. The smallest absolute Gasteiger partial charge is 0.223 e. The van der Waals surface area contributed by atoms with Gasteiger partial charge < -0.3 is 14.8 Å².